The van der Waals surface area contributed by atoms with Gasteiger partial charge in [0.25, 0.3) is 0 Å². The van der Waals surface area contributed by atoms with Crippen molar-refractivity contribution < 1.29 is 19.1 Å². The van der Waals surface area contributed by atoms with Crippen molar-refractivity contribution in [3.05, 3.63) is 64.2 Å². The molecule has 0 fully saturated rings. The molecule has 2 rings (SSSR count). The Bertz CT molecular complexity index is 737. The Kier molecular flexibility index (Phi) is 5.39. The van der Waals surface area contributed by atoms with Crippen molar-refractivity contribution in [2.24, 2.45) is 0 Å². The molecule has 1 unspecified atom stereocenters. The van der Waals surface area contributed by atoms with Crippen LogP contribution in [-0.4, -0.2) is 25.0 Å². The SMILES string of the molecule is COc1ccc(C(=O)C(C)OC(=O)c2c(C)cc(C)cc2C)cc1. The van der Waals surface area contributed by atoms with Crippen molar-refractivity contribution in [2.75, 3.05) is 7.11 Å². The van der Waals surface area contributed by atoms with Crippen LogP contribution in [0.3, 0.4) is 0 Å². The third-order valence-corrected chi connectivity index (χ3v) is 3.91. The first-order valence-corrected chi connectivity index (χ1v) is 7.80. The van der Waals surface area contributed by atoms with Crippen LogP contribution in [0.25, 0.3) is 0 Å². The van der Waals surface area contributed by atoms with Gasteiger partial charge in [0.15, 0.2) is 6.10 Å². The molecule has 0 radical (unpaired) electrons. The van der Waals surface area contributed by atoms with E-state index in [9.17, 15) is 9.59 Å². The van der Waals surface area contributed by atoms with Gasteiger partial charge in [0.2, 0.25) is 5.78 Å². The van der Waals surface area contributed by atoms with Crippen LogP contribution in [-0.2, 0) is 4.74 Å². The van der Waals surface area contributed by atoms with E-state index in [1.165, 1.54) is 0 Å². The summed E-state index contributed by atoms with van der Waals surface area (Å²) in [6, 6.07) is 10.6. The van der Waals surface area contributed by atoms with Gasteiger partial charge in [0.05, 0.1) is 12.7 Å². The smallest absolute Gasteiger partial charge is 0.339 e. The molecule has 0 amide bonds. The molecule has 0 bridgehead atoms. The van der Waals surface area contributed by atoms with Crippen LogP contribution < -0.4 is 4.74 Å². The molecule has 0 N–H and O–H groups in total. The van der Waals surface area contributed by atoms with Gasteiger partial charge >= 0.3 is 5.97 Å². The second-order valence-electron chi connectivity index (χ2n) is 5.91. The summed E-state index contributed by atoms with van der Waals surface area (Å²) < 4.78 is 10.5. The summed E-state index contributed by atoms with van der Waals surface area (Å²) in [7, 11) is 1.56. The second-order valence-corrected chi connectivity index (χ2v) is 5.91. The molecule has 0 aliphatic carbocycles. The number of ketones is 1. The van der Waals surface area contributed by atoms with E-state index < -0.39 is 12.1 Å². The molecule has 0 aliphatic rings. The number of benzene rings is 2. The first-order chi connectivity index (χ1) is 11.3. The molecule has 0 saturated heterocycles. The molecule has 24 heavy (non-hydrogen) atoms. The largest absolute Gasteiger partial charge is 0.497 e. The molecular weight excluding hydrogens is 304 g/mol. The number of hydrogen-bond acceptors (Lipinski definition) is 4. The van der Waals surface area contributed by atoms with E-state index >= 15 is 0 Å². The molecule has 126 valence electrons. The fraction of sp³-hybridized carbons (Fsp3) is 0.300. The lowest BCUT2D eigenvalue weighted by molar-refractivity contribution is 0.0317. The fourth-order valence-corrected chi connectivity index (χ4v) is 2.76. The summed E-state index contributed by atoms with van der Waals surface area (Å²) in [6.07, 6.45) is -0.856. The summed E-state index contributed by atoms with van der Waals surface area (Å²) in [5.74, 6) is -0.0464. The molecule has 0 heterocycles. The van der Waals surface area contributed by atoms with Gasteiger partial charge in [-0.05, 0) is 63.1 Å². The third kappa shape index (κ3) is 3.82. The summed E-state index contributed by atoms with van der Waals surface area (Å²) >= 11 is 0. The average Bonchev–Trinajstić information content (AvgIpc) is 2.53. The van der Waals surface area contributed by atoms with Crippen molar-refractivity contribution >= 4 is 11.8 Å². The first kappa shape index (κ1) is 17.7. The van der Waals surface area contributed by atoms with Crippen molar-refractivity contribution in [2.45, 2.75) is 33.8 Å². The summed E-state index contributed by atoms with van der Waals surface area (Å²) in [4.78, 5) is 24.9. The molecule has 0 saturated carbocycles. The van der Waals surface area contributed by atoms with Crippen molar-refractivity contribution in [3.63, 3.8) is 0 Å². The lowest BCUT2D eigenvalue weighted by Gasteiger charge is -2.15. The Morgan fingerprint density at radius 2 is 1.50 bits per heavy atom. The molecule has 0 aromatic heterocycles. The minimum absolute atomic E-state index is 0.242. The minimum Gasteiger partial charge on any atom is -0.497 e. The Morgan fingerprint density at radius 3 is 2.00 bits per heavy atom. The van der Waals surface area contributed by atoms with Gasteiger partial charge in [-0.2, -0.15) is 0 Å². The predicted octanol–water partition coefficient (Wildman–Crippen LogP) is 4.05. The van der Waals surface area contributed by atoms with Gasteiger partial charge in [-0.1, -0.05) is 17.7 Å². The van der Waals surface area contributed by atoms with E-state index in [1.807, 2.05) is 32.9 Å². The van der Waals surface area contributed by atoms with E-state index in [2.05, 4.69) is 0 Å². The highest BCUT2D eigenvalue weighted by molar-refractivity contribution is 6.02. The maximum atomic E-state index is 12.4. The third-order valence-electron chi connectivity index (χ3n) is 3.91. The summed E-state index contributed by atoms with van der Waals surface area (Å²) in [5, 5.41) is 0. The van der Waals surface area contributed by atoms with Crippen LogP contribution in [0.4, 0.5) is 0 Å². The maximum absolute atomic E-state index is 12.4. The van der Waals surface area contributed by atoms with Gasteiger partial charge in [0.1, 0.15) is 5.75 Å². The molecular formula is C20H22O4. The van der Waals surface area contributed by atoms with Gasteiger partial charge < -0.3 is 9.47 Å². The number of carbonyl (C=O) groups is 2. The number of methoxy groups -OCH3 is 1. The molecule has 0 aliphatic heterocycles. The van der Waals surface area contributed by atoms with Gasteiger partial charge in [0, 0.05) is 5.56 Å². The van der Waals surface area contributed by atoms with E-state index in [0.717, 1.165) is 16.7 Å². The highest BCUT2D eigenvalue weighted by Gasteiger charge is 2.22. The number of ether oxygens (including phenoxy) is 2. The zero-order valence-electron chi connectivity index (χ0n) is 14.7. The molecule has 2 aromatic rings. The van der Waals surface area contributed by atoms with Crippen molar-refractivity contribution in [3.8, 4) is 5.75 Å². The van der Waals surface area contributed by atoms with E-state index in [0.29, 0.717) is 16.9 Å². The standard InChI is InChI=1S/C20H22O4/c1-12-10-13(2)18(14(3)11-12)20(22)24-15(4)19(21)16-6-8-17(23-5)9-7-16/h6-11,15H,1-5H3. The lowest BCUT2D eigenvalue weighted by atomic mass is 10.00. The molecule has 4 heteroatoms. The topological polar surface area (TPSA) is 52.6 Å². The average molecular weight is 326 g/mol. The van der Waals surface area contributed by atoms with Crippen molar-refractivity contribution in [1.82, 2.24) is 0 Å². The second kappa shape index (κ2) is 7.30. The quantitative estimate of drug-likeness (QED) is 0.614. The zero-order chi connectivity index (χ0) is 17.9. The van der Waals surface area contributed by atoms with Crippen LogP contribution in [0, 0.1) is 20.8 Å². The fourth-order valence-electron chi connectivity index (χ4n) is 2.76. The molecule has 0 spiro atoms. The molecule has 1 atom stereocenters. The van der Waals surface area contributed by atoms with Gasteiger partial charge in [-0.3, -0.25) is 4.79 Å². The molecule has 4 nitrogen and oxygen atoms in total. The van der Waals surface area contributed by atoms with E-state index in [1.54, 1.807) is 38.3 Å². The number of esters is 1. The summed E-state index contributed by atoms with van der Waals surface area (Å²) in [6.45, 7) is 7.30. The Hall–Kier alpha value is -2.62. The van der Waals surface area contributed by atoms with E-state index in [4.69, 9.17) is 9.47 Å². The van der Waals surface area contributed by atoms with E-state index in [-0.39, 0.29) is 5.78 Å². The molecule has 2 aromatic carbocycles. The number of rotatable bonds is 5. The Morgan fingerprint density at radius 1 is 0.958 bits per heavy atom. The lowest BCUT2D eigenvalue weighted by Crippen LogP contribution is -2.25. The minimum atomic E-state index is -0.856. The van der Waals surface area contributed by atoms with Crippen LogP contribution in [0.15, 0.2) is 36.4 Å². The normalized spacial score (nSPS) is 11.7. The van der Waals surface area contributed by atoms with Gasteiger partial charge in [-0.15, -0.1) is 0 Å². The van der Waals surface area contributed by atoms with Gasteiger partial charge in [-0.25, -0.2) is 4.79 Å². The van der Waals surface area contributed by atoms with Crippen molar-refractivity contribution in [1.29, 1.82) is 0 Å². The highest BCUT2D eigenvalue weighted by atomic mass is 16.5. The number of aryl methyl sites for hydroxylation is 3. The summed E-state index contributed by atoms with van der Waals surface area (Å²) in [5.41, 5.74) is 3.79. The van der Waals surface area contributed by atoms with Crippen LogP contribution in [0.2, 0.25) is 0 Å². The number of carbonyl (C=O) groups excluding carboxylic acids is 2. The predicted molar refractivity (Wildman–Crippen MR) is 92.9 cm³/mol. The number of Topliss-reactive ketones (excluding diaryl/α,β-unsaturated/α-hetero) is 1. The zero-order valence-corrected chi connectivity index (χ0v) is 14.7. The Balaban J connectivity index is 2.15. The van der Waals surface area contributed by atoms with Crippen LogP contribution >= 0.6 is 0 Å². The maximum Gasteiger partial charge on any atom is 0.339 e. The Labute approximate surface area is 142 Å². The monoisotopic (exact) mass is 326 g/mol. The number of hydrogen-bond donors (Lipinski definition) is 0. The van der Waals surface area contributed by atoms with Crippen LogP contribution in [0.1, 0.15) is 44.3 Å². The highest BCUT2D eigenvalue weighted by Crippen LogP contribution is 2.19. The van der Waals surface area contributed by atoms with Crippen LogP contribution in [0.5, 0.6) is 5.75 Å². The first-order valence-electron chi connectivity index (χ1n) is 7.80.